The van der Waals surface area contributed by atoms with E-state index in [2.05, 4.69) is 19.9 Å². The monoisotopic (exact) mass is 453 g/mol. The lowest BCUT2D eigenvalue weighted by Crippen LogP contribution is -2.36. The van der Waals surface area contributed by atoms with Gasteiger partial charge >= 0.3 is 0 Å². The highest BCUT2D eigenvalue weighted by Gasteiger charge is 2.20. The van der Waals surface area contributed by atoms with Crippen molar-refractivity contribution in [2.24, 2.45) is 7.05 Å². The summed E-state index contributed by atoms with van der Waals surface area (Å²) in [5, 5.41) is 11.5. The lowest BCUT2D eigenvalue weighted by Gasteiger charge is -2.29. The van der Waals surface area contributed by atoms with Crippen molar-refractivity contribution in [1.29, 1.82) is 0 Å². The molecule has 2 aromatic carbocycles. The number of imidazole rings is 1. The molecule has 0 saturated carbocycles. The first-order valence-corrected chi connectivity index (χ1v) is 10.6. The van der Waals surface area contributed by atoms with E-state index in [0.29, 0.717) is 41.2 Å². The normalized spacial score (nSPS) is 15.3. The maximum Gasteiger partial charge on any atom is 0.223 e. The van der Waals surface area contributed by atoms with Crippen LogP contribution in [0.4, 0.5) is 10.1 Å². The molecule has 1 N–H and O–H groups in total. The van der Waals surface area contributed by atoms with Crippen molar-refractivity contribution < 1.29 is 14.2 Å². The van der Waals surface area contributed by atoms with Gasteiger partial charge in [-0.05, 0) is 47.5 Å². The van der Waals surface area contributed by atoms with Crippen molar-refractivity contribution in [2.75, 3.05) is 31.2 Å². The third-order valence-electron chi connectivity index (χ3n) is 5.69. The molecule has 1 fully saturated rings. The van der Waals surface area contributed by atoms with Crippen molar-refractivity contribution in [1.82, 2.24) is 19.5 Å². The summed E-state index contributed by atoms with van der Waals surface area (Å²) in [5.41, 5.74) is 2.74. The Bertz CT molecular complexity index is 1290. The molecule has 1 aliphatic heterocycles. The quantitative estimate of drug-likeness (QED) is 0.474. The van der Waals surface area contributed by atoms with E-state index in [1.54, 1.807) is 36.1 Å². The summed E-state index contributed by atoms with van der Waals surface area (Å²) in [4.78, 5) is 15.1. The van der Waals surface area contributed by atoms with Gasteiger partial charge in [0.05, 0.1) is 24.4 Å². The van der Waals surface area contributed by atoms with E-state index in [4.69, 9.17) is 16.3 Å². The van der Waals surface area contributed by atoms with Crippen LogP contribution in [0.1, 0.15) is 17.5 Å². The molecule has 0 aliphatic carbocycles. The Hall–Kier alpha value is -3.07. The Morgan fingerprint density at radius 2 is 1.94 bits per heavy atom. The van der Waals surface area contributed by atoms with Crippen molar-refractivity contribution in [3.05, 3.63) is 71.3 Å². The summed E-state index contributed by atoms with van der Waals surface area (Å²) in [5.74, 6) is -0.00241. The Kier molecular flexibility index (Phi) is 5.50. The molecule has 1 unspecified atom stereocenters. The van der Waals surface area contributed by atoms with Crippen LogP contribution in [0.2, 0.25) is 5.28 Å². The van der Waals surface area contributed by atoms with Gasteiger partial charge in [-0.25, -0.2) is 19.3 Å². The summed E-state index contributed by atoms with van der Waals surface area (Å²) in [6, 6.07) is 10.2. The fraction of sp³-hybridized carbons (Fsp3) is 0.261. The maximum atomic E-state index is 14.9. The molecule has 1 saturated heterocycles. The molecule has 5 rings (SSSR count). The van der Waals surface area contributed by atoms with Gasteiger partial charge in [0.1, 0.15) is 17.7 Å². The van der Waals surface area contributed by atoms with Gasteiger partial charge in [0.25, 0.3) is 0 Å². The van der Waals surface area contributed by atoms with Gasteiger partial charge in [0.15, 0.2) is 0 Å². The number of rotatable bonds is 4. The van der Waals surface area contributed by atoms with E-state index in [0.717, 1.165) is 18.8 Å². The number of morpholine rings is 1. The highest BCUT2D eigenvalue weighted by molar-refractivity contribution is 6.28. The molecule has 1 aliphatic rings. The zero-order chi connectivity index (χ0) is 22.2. The largest absolute Gasteiger partial charge is 0.380 e. The Morgan fingerprint density at radius 3 is 2.69 bits per heavy atom. The molecule has 0 spiro atoms. The summed E-state index contributed by atoms with van der Waals surface area (Å²) in [7, 11) is 1.79. The number of benzene rings is 2. The molecule has 0 bridgehead atoms. The van der Waals surface area contributed by atoms with Crippen molar-refractivity contribution in [3.8, 4) is 11.3 Å². The number of halogens is 2. The van der Waals surface area contributed by atoms with Gasteiger partial charge in [-0.2, -0.15) is 0 Å². The molecular weight excluding hydrogens is 433 g/mol. The van der Waals surface area contributed by atoms with E-state index < -0.39 is 11.9 Å². The number of hydrogen-bond acceptors (Lipinski definition) is 6. The summed E-state index contributed by atoms with van der Waals surface area (Å²) in [6.45, 7) is 2.92. The minimum Gasteiger partial charge on any atom is -0.380 e. The predicted molar refractivity (Wildman–Crippen MR) is 120 cm³/mol. The first-order valence-electron chi connectivity index (χ1n) is 10.3. The number of hydrogen-bond donors (Lipinski definition) is 1. The van der Waals surface area contributed by atoms with Gasteiger partial charge in [-0.3, -0.25) is 0 Å². The van der Waals surface area contributed by atoms with Gasteiger partial charge in [-0.15, -0.1) is 0 Å². The third kappa shape index (κ3) is 3.81. The second kappa shape index (κ2) is 8.46. The van der Waals surface area contributed by atoms with Crippen LogP contribution in [0.5, 0.6) is 0 Å². The number of ether oxygens (including phenoxy) is 1. The van der Waals surface area contributed by atoms with E-state index >= 15 is 0 Å². The number of aliphatic hydroxyl groups is 1. The number of nitrogens with zero attached hydrogens (tertiary/aromatic N) is 5. The summed E-state index contributed by atoms with van der Waals surface area (Å²) >= 11 is 6.23. The second-order valence-corrected chi connectivity index (χ2v) is 8.02. The molecule has 32 heavy (non-hydrogen) atoms. The lowest BCUT2D eigenvalue weighted by atomic mass is 10.00. The number of aromatic nitrogens is 4. The molecular formula is C23H21ClFN5O2. The van der Waals surface area contributed by atoms with Crippen LogP contribution in [0, 0.1) is 5.82 Å². The summed E-state index contributed by atoms with van der Waals surface area (Å²) < 4.78 is 22.1. The van der Waals surface area contributed by atoms with E-state index in [9.17, 15) is 9.50 Å². The van der Waals surface area contributed by atoms with Gasteiger partial charge in [0.2, 0.25) is 5.28 Å². The Balaban J connectivity index is 1.60. The highest BCUT2D eigenvalue weighted by Crippen LogP contribution is 2.34. The van der Waals surface area contributed by atoms with Crippen molar-refractivity contribution in [2.45, 2.75) is 6.10 Å². The maximum absolute atomic E-state index is 14.9. The van der Waals surface area contributed by atoms with Crippen LogP contribution in [-0.2, 0) is 11.8 Å². The lowest BCUT2D eigenvalue weighted by molar-refractivity contribution is 0.122. The van der Waals surface area contributed by atoms with E-state index in [1.807, 2.05) is 18.2 Å². The third-order valence-corrected chi connectivity index (χ3v) is 5.86. The number of aryl methyl sites for hydroxylation is 1. The zero-order valence-electron chi connectivity index (χ0n) is 17.4. The van der Waals surface area contributed by atoms with Gasteiger partial charge in [0, 0.05) is 49.2 Å². The van der Waals surface area contributed by atoms with E-state index in [1.165, 1.54) is 6.07 Å². The Morgan fingerprint density at radius 1 is 1.12 bits per heavy atom. The summed E-state index contributed by atoms with van der Waals surface area (Å²) in [6.07, 6.45) is 2.34. The van der Waals surface area contributed by atoms with Crippen LogP contribution in [0.15, 0.2) is 48.8 Å². The molecule has 4 aromatic rings. The number of anilines is 1. The molecule has 0 amide bonds. The van der Waals surface area contributed by atoms with Crippen LogP contribution < -0.4 is 4.90 Å². The molecule has 1 atom stereocenters. The zero-order valence-corrected chi connectivity index (χ0v) is 18.1. The fourth-order valence-corrected chi connectivity index (χ4v) is 4.17. The number of fused-ring (bicyclic) bond motifs is 1. The Labute approximate surface area is 189 Å². The number of aliphatic hydroxyl groups excluding tert-OH is 1. The van der Waals surface area contributed by atoms with Crippen LogP contribution >= 0.6 is 11.6 Å². The first-order chi connectivity index (χ1) is 15.5. The standard InChI is InChI=1S/C23H21ClFN5O2/c1-29-7-6-26-22(29)21(31)14-2-5-18(25)17(12-14)20-16-4-3-15(30-8-10-32-11-9-30)13-19(16)27-23(24)28-20/h2-7,12-13,21,31H,8-11H2,1H3. The minimum absolute atomic E-state index is 0.0288. The van der Waals surface area contributed by atoms with Crippen LogP contribution in [0.3, 0.4) is 0 Å². The molecule has 3 heterocycles. The molecule has 164 valence electrons. The first kappa shape index (κ1) is 20.8. The second-order valence-electron chi connectivity index (χ2n) is 7.68. The molecule has 0 radical (unpaired) electrons. The molecule has 7 nitrogen and oxygen atoms in total. The predicted octanol–water partition coefficient (Wildman–Crippen LogP) is 3.74. The van der Waals surface area contributed by atoms with E-state index in [-0.39, 0.29) is 10.8 Å². The minimum atomic E-state index is -1.01. The van der Waals surface area contributed by atoms with Crippen molar-refractivity contribution >= 4 is 28.2 Å². The average molecular weight is 454 g/mol. The van der Waals surface area contributed by atoms with Crippen molar-refractivity contribution in [3.63, 3.8) is 0 Å². The smallest absolute Gasteiger partial charge is 0.223 e. The van der Waals surface area contributed by atoms with Crippen LogP contribution in [0.25, 0.3) is 22.2 Å². The van der Waals surface area contributed by atoms with Gasteiger partial charge in [-0.1, -0.05) is 6.07 Å². The van der Waals surface area contributed by atoms with Gasteiger partial charge < -0.3 is 19.3 Å². The SMILES string of the molecule is Cn1ccnc1C(O)c1ccc(F)c(-c2nc(Cl)nc3cc(N4CCOCC4)ccc23)c1. The van der Waals surface area contributed by atoms with Crippen LogP contribution in [-0.4, -0.2) is 50.9 Å². The highest BCUT2D eigenvalue weighted by atomic mass is 35.5. The average Bonchev–Trinajstić information content (AvgIpc) is 3.24. The fourth-order valence-electron chi connectivity index (χ4n) is 4.00. The molecule has 2 aromatic heterocycles. The topological polar surface area (TPSA) is 76.3 Å². The molecule has 9 heteroatoms.